The molecule has 5 heteroatoms. The fraction of sp³-hybridized carbons (Fsp3) is 0.667. The van der Waals surface area contributed by atoms with Crippen LogP contribution in [0.4, 0.5) is 0 Å². The van der Waals surface area contributed by atoms with Gasteiger partial charge in [0.1, 0.15) is 0 Å². The first-order valence-electron chi connectivity index (χ1n) is 8.73. The summed E-state index contributed by atoms with van der Waals surface area (Å²) in [6, 6.07) is 7.57. The minimum Gasteiger partial charge on any atom is -0.315 e. The Labute approximate surface area is 142 Å². The summed E-state index contributed by atoms with van der Waals surface area (Å²) in [5.41, 5.74) is 1.08. The minimum atomic E-state index is -3.13. The average molecular weight is 341 g/mol. The predicted molar refractivity (Wildman–Crippen MR) is 97.7 cm³/mol. The molecule has 23 heavy (non-hydrogen) atoms. The van der Waals surface area contributed by atoms with E-state index in [-0.39, 0.29) is 5.75 Å². The van der Waals surface area contributed by atoms with Crippen molar-refractivity contribution in [1.29, 1.82) is 0 Å². The lowest BCUT2D eigenvalue weighted by Gasteiger charge is -2.11. The molecule has 1 heterocycles. The van der Waals surface area contributed by atoms with E-state index in [9.17, 15) is 8.42 Å². The Hall–Kier alpha value is -0.910. The normalized spacial score (nSPS) is 17.6. The third-order valence-corrected chi connectivity index (χ3v) is 5.78. The van der Waals surface area contributed by atoms with Crippen LogP contribution >= 0.6 is 0 Å². The summed E-state index contributed by atoms with van der Waals surface area (Å²) in [4.78, 5) is 0.431. The fourth-order valence-corrected chi connectivity index (χ4v) is 3.57. The molecule has 1 aliphatic heterocycles. The Balaban J connectivity index is 0.000000593. The standard InChI is InChI=1S/C14H22N2O2S.C4H10/c1-12-3-5-14(6-4-12)19(17,18)10-2-8-16-13-7-9-15-11-13;1-3-4-2/h3-6,13,15-16H,2,7-11H2,1H3;3-4H2,1-2H3. The maximum absolute atomic E-state index is 12.1. The van der Waals surface area contributed by atoms with Gasteiger partial charge in [-0.15, -0.1) is 0 Å². The van der Waals surface area contributed by atoms with Crippen molar-refractivity contribution in [3.8, 4) is 0 Å². The lowest BCUT2D eigenvalue weighted by atomic mass is 10.2. The second kappa shape index (κ2) is 10.8. The van der Waals surface area contributed by atoms with Gasteiger partial charge in [-0.25, -0.2) is 8.42 Å². The van der Waals surface area contributed by atoms with Crippen LogP contribution in [0.25, 0.3) is 0 Å². The summed E-state index contributed by atoms with van der Waals surface area (Å²) in [7, 11) is -3.13. The molecule has 1 aliphatic rings. The Morgan fingerprint density at radius 3 is 2.35 bits per heavy atom. The monoisotopic (exact) mass is 340 g/mol. The summed E-state index contributed by atoms with van der Waals surface area (Å²) in [6.07, 6.45) is 4.43. The van der Waals surface area contributed by atoms with E-state index in [0.717, 1.165) is 31.6 Å². The van der Waals surface area contributed by atoms with Crippen molar-refractivity contribution in [3.05, 3.63) is 29.8 Å². The number of rotatable bonds is 7. The number of hydrogen-bond acceptors (Lipinski definition) is 4. The number of nitrogens with one attached hydrogen (secondary N) is 2. The SMILES string of the molecule is CCCC.Cc1ccc(S(=O)(=O)CCCNC2CCNC2)cc1. The van der Waals surface area contributed by atoms with Crippen LogP contribution in [-0.2, 0) is 9.84 Å². The number of benzene rings is 1. The van der Waals surface area contributed by atoms with E-state index in [2.05, 4.69) is 24.5 Å². The summed E-state index contributed by atoms with van der Waals surface area (Å²) < 4.78 is 24.2. The third-order valence-electron chi connectivity index (χ3n) is 3.96. The molecule has 0 amide bonds. The molecule has 1 saturated heterocycles. The Morgan fingerprint density at radius 2 is 1.83 bits per heavy atom. The van der Waals surface area contributed by atoms with Crippen molar-refractivity contribution in [2.75, 3.05) is 25.4 Å². The third kappa shape index (κ3) is 7.95. The van der Waals surface area contributed by atoms with Gasteiger partial charge in [0.25, 0.3) is 0 Å². The van der Waals surface area contributed by atoms with Gasteiger partial charge in [-0.2, -0.15) is 0 Å². The molecule has 0 bridgehead atoms. The molecule has 0 aliphatic carbocycles. The molecule has 1 atom stereocenters. The van der Waals surface area contributed by atoms with Crippen LogP contribution in [0.1, 0.15) is 45.1 Å². The van der Waals surface area contributed by atoms with Crippen LogP contribution in [0.3, 0.4) is 0 Å². The molecule has 2 rings (SSSR count). The van der Waals surface area contributed by atoms with Crippen LogP contribution in [0.2, 0.25) is 0 Å². The Bertz CT molecular complexity index is 518. The maximum atomic E-state index is 12.1. The fourth-order valence-electron chi connectivity index (χ4n) is 2.26. The van der Waals surface area contributed by atoms with Gasteiger partial charge in [-0.05, 0) is 45.0 Å². The molecule has 0 radical (unpaired) electrons. The van der Waals surface area contributed by atoms with Crippen molar-refractivity contribution in [2.45, 2.75) is 57.4 Å². The number of hydrogen-bond donors (Lipinski definition) is 2. The first-order valence-corrected chi connectivity index (χ1v) is 10.4. The van der Waals surface area contributed by atoms with Crippen molar-refractivity contribution >= 4 is 9.84 Å². The van der Waals surface area contributed by atoms with Crippen molar-refractivity contribution < 1.29 is 8.42 Å². The van der Waals surface area contributed by atoms with E-state index < -0.39 is 9.84 Å². The zero-order valence-electron chi connectivity index (χ0n) is 14.8. The molecule has 0 aromatic heterocycles. The highest BCUT2D eigenvalue weighted by molar-refractivity contribution is 7.91. The zero-order valence-corrected chi connectivity index (χ0v) is 15.6. The molecule has 0 saturated carbocycles. The number of aryl methyl sites for hydroxylation is 1. The average Bonchev–Trinajstić information content (AvgIpc) is 3.06. The molecule has 1 aromatic carbocycles. The predicted octanol–water partition coefficient (Wildman–Crippen LogP) is 2.92. The maximum Gasteiger partial charge on any atom is 0.178 e. The topological polar surface area (TPSA) is 58.2 Å². The summed E-state index contributed by atoms with van der Waals surface area (Å²) in [6.45, 7) is 9.12. The summed E-state index contributed by atoms with van der Waals surface area (Å²) in [5, 5.41) is 6.67. The Kier molecular flexibility index (Phi) is 9.44. The largest absolute Gasteiger partial charge is 0.315 e. The number of sulfone groups is 1. The molecule has 4 nitrogen and oxygen atoms in total. The van der Waals surface area contributed by atoms with Crippen LogP contribution < -0.4 is 10.6 Å². The first-order chi connectivity index (χ1) is 11.0. The van der Waals surface area contributed by atoms with E-state index in [1.165, 1.54) is 12.8 Å². The summed E-state index contributed by atoms with van der Waals surface area (Å²) in [5.74, 6) is 0.212. The van der Waals surface area contributed by atoms with E-state index >= 15 is 0 Å². The molecule has 2 N–H and O–H groups in total. The highest BCUT2D eigenvalue weighted by atomic mass is 32.2. The lowest BCUT2D eigenvalue weighted by molar-refractivity contribution is 0.540. The van der Waals surface area contributed by atoms with Gasteiger partial charge in [0.2, 0.25) is 0 Å². The van der Waals surface area contributed by atoms with Crippen molar-refractivity contribution in [3.63, 3.8) is 0 Å². The first kappa shape index (κ1) is 20.1. The van der Waals surface area contributed by atoms with Gasteiger partial charge in [0.15, 0.2) is 9.84 Å². The van der Waals surface area contributed by atoms with Gasteiger partial charge in [0.05, 0.1) is 10.6 Å². The van der Waals surface area contributed by atoms with Gasteiger partial charge >= 0.3 is 0 Å². The van der Waals surface area contributed by atoms with Gasteiger partial charge in [-0.3, -0.25) is 0 Å². The van der Waals surface area contributed by atoms with E-state index in [1.807, 2.05) is 19.1 Å². The second-order valence-electron chi connectivity index (χ2n) is 6.13. The van der Waals surface area contributed by atoms with Crippen LogP contribution in [0.15, 0.2) is 29.2 Å². The van der Waals surface area contributed by atoms with Gasteiger partial charge in [0, 0.05) is 12.6 Å². The second-order valence-corrected chi connectivity index (χ2v) is 8.24. The molecular weight excluding hydrogens is 308 g/mol. The van der Waals surface area contributed by atoms with Crippen LogP contribution in [0.5, 0.6) is 0 Å². The van der Waals surface area contributed by atoms with Crippen molar-refractivity contribution in [2.24, 2.45) is 0 Å². The van der Waals surface area contributed by atoms with Crippen molar-refractivity contribution in [1.82, 2.24) is 10.6 Å². The molecule has 0 spiro atoms. The van der Waals surface area contributed by atoms with E-state index in [0.29, 0.717) is 17.4 Å². The minimum absolute atomic E-state index is 0.212. The molecule has 1 fully saturated rings. The highest BCUT2D eigenvalue weighted by Gasteiger charge is 2.15. The van der Waals surface area contributed by atoms with E-state index in [1.54, 1.807) is 12.1 Å². The summed E-state index contributed by atoms with van der Waals surface area (Å²) >= 11 is 0. The zero-order chi connectivity index (χ0) is 17.1. The lowest BCUT2D eigenvalue weighted by Crippen LogP contribution is -2.32. The molecular formula is C18H32N2O2S. The Morgan fingerprint density at radius 1 is 1.17 bits per heavy atom. The quantitative estimate of drug-likeness (QED) is 0.749. The molecule has 1 unspecified atom stereocenters. The number of unbranched alkanes of at least 4 members (excludes halogenated alkanes) is 1. The van der Waals surface area contributed by atoms with Gasteiger partial charge in [-0.1, -0.05) is 44.4 Å². The highest BCUT2D eigenvalue weighted by Crippen LogP contribution is 2.12. The van der Waals surface area contributed by atoms with Crippen LogP contribution in [0, 0.1) is 6.92 Å². The smallest absolute Gasteiger partial charge is 0.178 e. The molecule has 1 aromatic rings. The molecule has 132 valence electrons. The van der Waals surface area contributed by atoms with Gasteiger partial charge < -0.3 is 10.6 Å². The van der Waals surface area contributed by atoms with E-state index in [4.69, 9.17) is 0 Å². The van der Waals surface area contributed by atoms with Crippen LogP contribution in [-0.4, -0.2) is 39.8 Å².